The van der Waals surface area contributed by atoms with Crippen molar-refractivity contribution < 1.29 is 0 Å². The number of rotatable bonds is 1. The largest absolute Gasteiger partial charge is 0.384 e. The third-order valence-corrected chi connectivity index (χ3v) is 1.28. The maximum absolute atomic E-state index is 5.47. The number of nitrogen functional groups attached to an aromatic ring is 1. The first kappa shape index (κ1) is 8.57. The molecule has 0 saturated heterocycles. The molecule has 1 rings (SSSR count). The number of hydrogen-bond donors (Lipinski definition) is 2. The summed E-state index contributed by atoms with van der Waals surface area (Å²) in [6.45, 7) is 0.683. The highest BCUT2D eigenvalue weighted by Gasteiger charge is 1.87. The Morgan fingerprint density at radius 1 is 1.67 bits per heavy atom. The number of aromatic nitrogens is 1. The third-order valence-electron chi connectivity index (χ3n) is 1.28. The first-order valence-electron chi connectivity index (χ1n) is 3.68. The van der Waals surface area contributed by atoms with Crippen LogP contribution in [0.15, 0.2) is 18.3 Å². The molecule has 0 aliphatic heterocycles. The lowest BCUT2D eigenvalue weighted by Crippen LogP contribution is -2.04. The second-order valence-electron chi connectivity index (χ2n) is 2.30. The molecule has 0 aliphatic rings. The first-order chi connectivity index (χ1) is 5.83. The highest BCUT2D eigenvalue weighted by Crippen LogP contribution is 1.99. The SMILES string of the molecule is CNCC#Cc1ccnc(N)c1. The van der Waals surface area contributed by atoms with Crippen LogP contribution < -0.4 is 11.1 Å². The average Bonchev–Trinajstić information content (AvgIpc) is 2.05. The number of hydrogen-bond acceptors (Lipinski definition) is 3. The molecule has 0 amide bonds. The Kier molecular flexibility index (Phi) is 3.12. The van der Waals surface area contributed by atoms with Crippen molar-refractivity contribution in [2.24, 2.45) is 0 Å². The normalized spacial score (nSPS) is 8.75. The Labute approximate surface area is 72.0 Å². The van der Waals surface area contributed by atoms with E-state index >= 15 is 0 Å². The number of nitrogens with one attached hydrogen (secondary N) is 1. The van der Waals surface area contributed by atoms with Gasteiger partial charge in [-0.05, 0) is 19.2 Å². The summed E-state index contributed by atoms with van der Waals surface area (Å²) in [5.74, 6) is 6.39. The minimum atomic E-state index is 0.506. The molecule has 1 heterocycles. The van der Waals surface area contributed by atoms with Crippen LogP contribution in [-0.4, -0.2) is 18.6 Å². The van der Waals surface area contributed by atoms with Crippen LogP contribution >= 0.6 is 0 Å². The van der Waals surface area contributed by atoms with E-state index in [1.807, 2.05) is 13.1 Å². The maximum atomic E-state index is 5.47. The smallest absolute Gasteiger partial charge is 0.124 e. The van der Waals surface area contributed by atoms with E-state index in [-0.39, 0.29) is 0 Å². The van der Waals surface area contributed by atoms with Crippen LogP contribution in [-0.2, 0) is 0 Å². The summed E-state index contributed by atoms with van der Waals surface area (Å²) in [7, 11) is 1.86. The zero-order valence-corrected chi connectivity index (χ0v) is 6.96. The summed E-state index contributed by atoms with van der Waals surface area (Å²) in [6, 6.07) is 3.58. The lowest BCUT2D eigenvalue weighted by Gasteiger charge is -1.91. The molecule has 0 aliphatic carbocycles. The summed E-state index contributed by atoms with van der Waals surface area (Å²) in [5, 5.41) is 2.93. The van der Waals surface area contributed by atoms with Gasteiger partial charge in [0.2, 0.25) is 0 Å². The van der Waals surface area contributed by atoms with Crippen molar-refractivity contribution in [2.75, 3.05) is 19.3 Å². The standard InChI is InChI=1S/C9H11N3/c1-11-5-2-3-8-4-6-12-9(10)7-8/h4,6-7,11H,5H2,1H3,(H2,10,12). The number of anilines is 1. The molecule has 62 valence electrons. The maximum Gasteiger partial charge on any atom is 0.124 e. The van der Waals surface area contributed by atoms with Crippen molar-refractivity contribution in [1.82, 2.24) is 10.3 Å². The van der Waals surface area contributed by atoms with Crippen LogP contribution in [0.2, 0.25) is 0 Å². The van der Waals surface area contributed by atoms with Gasteiger partial charge in [-0.25, -0.2) is 4.98 Å². The van der Waals surface area contributed by atoms with Crippen molar-refractivity contribution in [2.45, 2.75) is 0 Å². The van der Waals surface area contributed by atoms with E-state index in [0.717, 1.165) is 5.56 Å². The molecule has 1 aromatic heterocycles. The van der Waals surface area contributed by atoms with Gasteiger partial charge in [0.1, 0.15) is 5.82 Å². The predicted molar refractivity (Wildman–Crippen MR) is 49.5 cm³/mol. The van der Waals surface area contributed by atoms with E-state index in [9.17, 15) is 0 Å². The molecular weight excluding hydrogens is 150 g/mol. The molecule has 0 radical (unpaired) electrons. The highest BCUT2D eigenvalue weighted by molar-refractivity contribution is 5.41. The van der Waals surface area contributed by atoms with Crippen molar-refractivity contribution >= 4 is 5.82 Å². The molecule has 0 saturated carbocycles. The zero-order valence-electron chi connectivity index (χ0n) is 6.96. The first-order valence-corrected chi connectivity index (χ1v) is 3.68. The van der Waals surface area contributed by atoms with Gasteiger partial charge in [-0.2, -0.15) is 0 Å². The monoisotopic (exact) mass is 161 g/mol. The second-order valence-corrected chi connectivity index (χ2v) is 2.30. The molecule has 0 spiro atoms. The van der Waals surface area contributed by atoms with Crippen molar-refractivity contribution in [3.05, 3.63) is 23.9 Å². The van der Waals surface area contributed by atoms with Crippen LogP contribution in [0.4, 0.5) is 5.82 Å². The lowest BCUT2D eigenvalue weighted by atomic mass is 10.2. The van der Waals surface area contributed by atoms with E-state index in [2.05, 4.69) is 22.1 Å². The molecule has 3 nitrogen and oxygen atoms in total. The highest BCUT2D eigenvalue weighted by atomic mass is 14.8. The van der Waals surface area contributed by atoms with Gasteiger partial charge in [-0.1, -0.05) is 11.8 Å². The van der Waals surface area contributed by atoms with E-state index in [1.54, 1.807) is 12.3 Å². The average molecular weight is 161 g/mol. The fourth-order valence-corrected chi connectivity index (χ4v) is 0.761. The predicted octanol–water partition coefficient (Wildman–Crippen LogP) is 0.235. The summed E-state index contributed by atoms with van der Waals surface area (Å²) >= 11 is 0. The van der Waals surface area contributed by atoms with E-state index < -0.39 is 0 Å². The van der Waals surface area contributed by atoms with E-state index in [0.29, 0.717) is 12.4 Å². The van der Waals surface area contributed by atoms with Crippen LogP contribution in [0.5, 0.6) is 0 Å². The quantitative estimate of drug-likeness (QED) is 0.580. The fraction of sp³-hybridized carbons (Fsp3) is 0.222. The molecular formula is C9H11N3. The third kappa shape index (κ3) is 2.60. The summed E-state index contributed by atoms with van der Waals surface area (Å²) in [6.07, 6.45) is 1.65. The molecule has 0 atom stereocenters. The van der Waals surface area contributed by atoms with Crippen molar-refractivity contribution in [3.63, 3.8) is 0 Å². The molecule has 1 aromatic rings. The Morgan fingerprint density at radius 2 is 2.50 bits per heavy atom. The van der Waals surface area contributed by atoms with Gasteiger partial charge in [0.15, 0.2) is 0 Å². The molecule has 0 fully saturated rings. The zero-order chi connectivity index (χ0) is 8.81. The molecule has 0 bridgehead atoms. The fourth-order valence-electron chi connectivity index (χ4n) is 0.761. The minimum Gasteiger partial charge on any atom is -0.384 e. The molecule has 3 N–H and O–H groups in total. The number of pyridine rings is 1. The minimum absolute atomic E-state index is 0.506. The van der Waals surface area contributed by atoms with Gasteiger partial charge in [0.25, 0.3) is 0 Å². The topological polar surface area (TPSA) is 50.9 Å². The van der Waals surface area contributed by atoms with Gasteiger partial charge in [0.05, 0.1) is 6.54 Å². The summed E-state index contributed by atoms with van der Waals surface area (Å²) < 4.78 is 0. The van der Waals surface area contributed by atoms with Gasteiger partial charge >= 0.3 is 0 Å². The van der Waals surface area contributed by atoms with E-state index in [4.69, 9.17) is 5.73 Å². The van der Waals surface area contributed by atoms with Crippen LogP contribution in [0.25, 0.3) is 0 Å². The molecule has 0 aromatic carbocycles. The lowest BCUT2D eigenvalue weighted by molar-refractivity contribution is 0.938. The Hall–Kier alpha value is -1.53. The Balaban J connectivity index is 2.71. The second kappa shape index (κ2) is 4.37. The van der Waals surface area contributed by atoms with Crippen LogP contribution in [0.3, 0.4) is 0 Å². The summed E-state index contributed by atoms with van der Waals surface area (Å²) in [4.78, 5) is 3.86. The van der Waals surface area contributed by atoms with Crippen molar-refractivity contribution in [1.29, 1.82) is 0 Å². The molecule has 12 heavy (non-hydrogen) atoms. The van der Waals surface area contributed by atoms with Gasteiger partial charge in [-0.3, -0.25) is 0 Å². The molecule has 3 heteroatoms. The van der Waals surface area contributed by atoms with Gasteiger partial charge in [0, 0.05) is 11.8 Å². The Morgan fingerprint density at radius 3 is 3.17 bits per heavy atom. The number of nitrogens with zero attached hydrogens (tertiary/aromatic N) is 1. The number of nitrogens with two attached hydrogens (primary N) is 1. The Bertz CT molecular complexity index is 309. The van der Waals surface area contributed by atoms with Crippen LogP contribution in [0, 0.1) is 11.8 Å². The molecule has 0 unspecified atom stereocenters. The summed E-state index contributed by atoms with van der Waals surface area (Å²) in [5.41, 5.74) is 6.37. The van der Waals surface area contributed by atoms with Crippen LogP contribution in [0.1, 0.15) is 5.56 Å². The van der Waals surface area contributed by atoms with E-state index in [1.165, 1.54) is 0 Å². The van der Waals surface area contributed by atoms with Gasteiger partial charge in [-0.15, -0.1) is 0 Å². The van der Waals surface area contributed by atoms with Gasteiger partial charge < -0.3 is 11.1 Å². The van der Waals surface area contributed by atoms with Crippen molar-refractivity contribution in [3.8, 4) is 11.8 Å².